The van der Waals surface area contributed by atoms with Crippen LogP contribution in [0.4, 0.5) is 0 Å². The fourth-order valence-corrected chi connectivity index (χ4v) is 7.02. The number of carbonyl (C=O) groups is 2. The van der Waals surface area contributed by atoms with Crippen molar-refractivity contribution < 1.29 is 42.1 Å². The van der Waals surface area contributed by atoms with E-state index in [2.05, 4.69) is 135 Å². The van der Waals surface area contributed by atoms with Gasteiger partial charge in [0.1, 0.15) is 19.8 Å². The van der Waals surface area contributed by atoms with E-state index in [9.17, 15) is 19.0 Å². The molecule has 380 valence electrons. The topological polar surface area (TPSA) is 108 Å². The summed E-state index contributed by atoms with van der Waals surface area (Å²) in [7, 11) is 1.45. The third-order valence-corrected chi connectivity index (χ3v) is 11.2. The Kier molecular flexibility index (Phi) is 44.9. The first kappa shape index (κ1) is 63.4. The molecule has 2 unspecified atom stereocenters. The van der Waals surface area contributed by atoms with Crippen LogP contribution in [-0.4, -0.2) is 74.9 Å². The molecule has 0 aromatic heterocycles. The van der Waals surface area contributed by atoms with Crippen molar-refractivity contribution in [2.24, 2.45) is 0 Å². The number of hydrogen-bond donors (Lipinski definition) is 1. The zero-order valence-corrected chi connectivity index (χ0v) is 43.7. The minimum absolute atomic E-state index is 0.0229. The first-order chi connectivity index (χ1) is 32.5. The summed E-state index contributed by atoms with van der Waals surface area (Å²) in [6.45, 7) is 4.19. The summed E-state index contributed by atoms with van der Waals surface area (Å²) in [6.07, 6.45) is 67.3. The van der Waals surface area contributed by atoms with E-state index in [4.69, 9.17) is 18.5 Å². The van der Waals surface area contributed by atoms with Crippen LogP contribution in [0.25, 0.3) is 0 Å². The SMILES string of the molecule is CC/C=C\C/C=C\C/C=C\C/C=C\C/C=C\C/C=C\C/C=C\C/C=C\C/C=C\C/C=C\CCCCCCCCC(=O)OC(COC(=O)CCCCCCCC)COP(=O)(O)OCC[N+](C)(C)C. The van der Waals surface area contributed by atoms with Crippen LogP contribution in [0.15, 0.2) is 122 Å². The van der Waals surface area contributed by atoms with E-state index in [1.807, 2.05) is 21.1 Å². The predicted molar refractivity (Wildman–Crippen MR) is 284 cm³/mol. The molecular formula is C57H95NO8P+. The highest BCUT2D eigenvalue weighted by Crippen LogP contribution is 2.43. The fourth-order valence-electron chi connectivity index (χ4n) is 6.28. The molecular weight excluding hydrogens is 858 g/mol. The highest BCUT2D eigenvalue weighted by molar-refractivity contribution is 7.47. The van der Waals surface area contributed by atoms with Crippen molar-refractivity contribution in [3.63, 3.8) is 0 Å². The van der Waals surface area contributed by atoms with E-state index in [0.29, 0.717) is 17.4 Å². The number of rotatable bonds is 45. The summed E-state index contributed by atoms with van der Waals surface area (Å²) in [6, 6.07) is 0. The first-order valence-electron chi connectivity index (χ1n) is 25.8. The highest BCUT2D eigenvalue weighted by atomic mass is 31.2. The van der Waals surface area contributed by atoms with Crippen LogP contribution in [-0.2, 0) is 32.7 Å². The van der Waals surface area contributed by atoms with E-state index in [-0.39, 0.29) is 32.0 Å². The molecule has 0 radical (unpaired) electrons. The van der Waals surface area contributed by atoms with Crippen LogP contribution in [0.2, 0.25) is 0 Å². The van der Waals surface area contributed by atoms with E-state index < -0.39 is 26.5 Å². The van der Waals surface area contributed by atoms with Crippen LogP contribution in [0.5, 0.6) is 0 Å². The molecule has 9 nitrogen and oxygen atoms in total. The number of phosphoric ester groups is 1. The molecule has 0 saturated heterocycles. The van der Waals surface area contributed by atoms with Gasteiger partial charge in [0.15, 0.2) is 6.10 Å². The third-order valence-electron chi connectivity index (χ3n) is 10.3. The van der Waals surface area contributed by atoms with Crippen molar-refractivity contribution in [2.45, 2.75) is 180 Å². The number of carbonyl (C=O) groups excluding carboxylic acids is 2. The van der Waals surface area contributed by atoms with Gasteiger partial charge in [-0.15, -0.1) is 0 Å². The molecule has 0 spiro atoms. The third kappa shape index (κ3) is 51.6. The second-order valence-corrected chi connectivity index (χ2v) is 19.3. The maximum atomic E-state index is 12.7. The molecule has 1 N–H and O–H groups in total. The summed E-state index contributed by atoms with van der Waals surface area (Å²) in [4.78, 5) is 35.2. The van der Waals surface area contributed by atoms with E-state index in [1.165, 1.54) is 6.42 Å². The van der Waals surface area contributed by atoms with Crippen LogP contribution < -0.4 is 0 Å². The minimum Gasteiger partial charge on any atom is -0.462 e. The van der Waals surface area contributed by atoms with Gasteiger partial charge in [-0.1, -0.05) is 193 Å². The zero-order valence-electron chi connectivity index (χ0n) is 42.8. The Morgan fingerprint density at radius 2 is 0.851 bits per heavy atom. The van der Waals surface area contributed by atoms with Gasteiger partial charge in [-0.25, -0.2) is 4.57 Å². The zero-order chi connectivity index (χ0) is 49.2. The van der Waals surface area contributed by atoms with Crippen LogP contribution in [0.1, 0.15) is 174 Å². The van der Waals surface area contributed by atoms with E-state index in [1.54, 1.807) is 0 Å². The predicted octanol–water partition coefficient (Wildman–Crippen LogP) is 15.6. The molecule has 0 amide bonds. The van der Waals surface area contributed by atoms with Crippen molar-refractivity contribution in [2.75, 3.05) is 47.5 Å². The number of nitrogens with zero attached hydrogens (tertiary/aromatic N) is 1. The summed E-state index contributed by atoms with van der Waals surface area (Å²) >= 11 is 0. The Morgan fingerprint density at radius 1 is 0.478 bits per heavy atom. The van der Waals surface area contributed by atoms with Crippen molar-refractivity contribution >= 4 is 19.8 Å². The number of phosphoric acid groups is 1. The Balaban J connectivity index is 4.08. The number of quaternary nitrogens is 1. The summed E-state index contributed by atoms with van der Waals surface area (Å²) in [5.74, 6) is -0.836. The lowest BCUT2D eigenvalue weighted by Gasteiger charge is -2.24. The number of esters is 2. The Bertz CT molecular complexity index is 1540. The van der Waals surface area contributed by atoms with Crippen molar-refractivity contribution in [1.82, 2.24) is 0 Å². The van der Waals surface area contributed by atoms with Gasteiger partial charge in [-0.05, 0) is 89.9 Å². The van der Waals surface area contributed by atoms with Gasteiger partial charge >= 0.3 is 19.8 Å². The molecule has 0 aromatic rings. The lowest BCUT2D eigenvalue weighted by Crippen LogP contribution is -2.37. The number of unbranched alkanes of at least 4 members (excludes halogenated alkanes) is 11. The number of likely N-dealkylation sites (N-methyl/N-ethyl adjacent to an activating group) is 1. The van der Waals surface area contributed by atoms with Gasteiger partial charge in [0.2, 0.25) is 0 Å². The minimum atomic E-state index is -4.38. The second-order valence-electron chi connectivity index (χ2n) is 17.8. The molecule has 0 aliphatic heterocycles. The quantitative estimate of drug-likeness (QED) is 0.0211. The normalized spacial score (nSPS) is 14.4. The number of hydrogen-bond acceptors (Lipinski definition) is 7. The maximum absolute atomic E-state index is 12.7. The summed E-state index contributed by atoms with van der Waals surface area (Å²) in [5, 5.41) is 0. The maximum Gasteiger partial charge on any atom is 0.472 e. The Morgan fingerprint density at radius 3 is 1.27 bits per heavy atom. The fraction of sp³-hybridized carbons (Fsp3) is 0.614. The van der Waals surface area contributed by atoms with Gasteiger partial charge in [-0.2, -0.15) is 0 Å². The molecule has 10 heteroatoms. The lowest BCUT2D eigenvalue weighted by molar-refractivity contribution is -0.870. The average molecular weight is 953 g/mol. The van der Waals surface area contributed by atoms with Gasteiger partial charge in [0.05, 0.1) is 27.7 Å². The molecule has 2 atom stereocenters. The average Bonchev–Trinajstić information content (AvgIpc) is 3.29. The molecule has 0 saturated carbocycles. The van der Waals surface area contributed by atoms with Crippen molar-refractivity contribution in [3.05, 3.63) is 122 Å². The monoisotopic (exact) mass is 953 g/mol. The van der Waals surface area contributed by atoms with Crippen molar-refractivity contribution in [3.8, 4) is 0 Å². The molecule has 0 heterocycles. The van der Waals surface area contributed by atoms with Crippen LogP contribution in [0, 0.1) is 0 Å². The van der Waals surface area contributed by atoms with E-state index in [0.717, 1.165) is 135 Å². The summed E-state index contributed by atoms with van der Waals surface area (Å²) in [5.41, 5.74) is 0. The largest absolute Gasteiger partial charge is 0.472 e. The van der Waals surface area contributed by atoms with Crippen LogP contribution in [0.3, 0.4) is 0 Å². The molecule has 0 aromatic carbocycles. The van der Waals surface area contributed by atoms with Gasteiger partial charge in [0, 0.05) is 12.8 Å². The van der Waals surface area contributed by atoms with Gasteiger partial charge < -0.3 is 18.9 Å². The van der Waals surface area contributed by atoms with Gasteiger partial charge in [0.25, 0.3) is 0 Å². The molecule has 0 rings (SSSR count). The molecule has 0 aliphatic carbocycles. The second kappa shape index (κ2) is 47.5. The molecule has 0 aliphatic rings. The molecule has 0 bridgehead atoms. The molecule has 67 heavy (non-hydrogen) atoms. The summed E-state index contributed by atoms with van der Waals surface area (Å²) < 4.78 is 34.2. The van der Waals surface area contributed by atoms with Gasteiger partial charge in [-0.3, -0.25) is 18.6 Å². The number of ether oxygens (including phenoxy) is 2. The Labute approximate surface area is 409 Å². The van der Waals surface area contributed by atoms with Crippen molar-refractivity contribution in [1.29, 1.82) is 0 Å². The van der Waals surface area contributed by atoms with E-state index >= 15 is 0 Å². The standard InChI is InChI=1S/C57H94NO8P/c1-6-8-10-12-14-15-16-17-18-19-20-21-22-23-24-25-26-27-28-29-30-31-32-33-34-35-36-37-38-39-40-41-42-43-44-46-48-50-57(60)66-55(53-63-56(59)49-47-45-13-11-9-7-2)54-65-67(61,62)64-52-51-58(3,4)5/h8,10,14-15,17-18,20-21,23-24,26-27,29-30,32-33,35-36,38-39,55H,6-7,9,11-13,16,19,22,25,28,31,34,37,40-54H2,1-5H3/p+1/b10-8-,15-14-,18-17-,21-20-,24-23-,27-26-,30-29-,33-32-,36-35-,39-38-. The van der Waals surface area contributed by atoms with Crippen LogP contribution >= 0.6 is 7.82 Å². The Hall–Kier alpha value is -3.59. The number of allylic oxidation sites excluding steroid dienone is 20. The highest BCUT2D eigenvalue weighted by Gasteiger charge is 2.27. The first-order valence-corrected chi connectivity index (χ1v) is 27.3. The smallest absolute Gasteiger partial charge is 0.462 e. The lowest BCUT2D eigenvalue weighted by atomic mass is 10.1. The molecule has 0 fully saturated rings.